The van der Waals surface area contributed by atoms with Crippen LogP contribution in [-0.4, -0.2) is 52.0 Å². The van der Waals surface area contributed by atoms with Crippen LogP contribution in [0.25, 0.3) is 11.0 Å². The number of aromatic amines is 1. The average molecular weight is 358 g/mol. The molecule has 26 heavy (non-hydrogen) atoms. The zero-order valence-electron chi connectivity index (χ0n) is 14.8. The third kappa shape index (κ3) is 3.18. The lowest BCUT2D eigenvalue weighted by Crippen LogP contribution is -2.45. The van der Waals surface area contributed by atoms with E-state index in [9.17, 15) is 14.0 Å². The summed E-state index contributed by atoms with van der Waals surface area (Å²) in [6, 6.07) is 4.97. The van der Waals surface area contributed by atoms with E-state index in [-0.39, 0.29) is 36.7 Å². The predicted molar refractivity (Wildman–Crippen MR) is 95.5 cm³/mol. The van der Waals surface area contributed by atoms with Gasteiger partial charge in [-0.15, -0.1) is 0 Å². The van der Waals surface area contributed by atoms with Gasteiger partial charge >= 0.3 is 0 Å². The molecule has 2 atom stereocenters. The summed E-state index contributed by atoms with van der Waals surface area (Å²) in [5.74, 6) is 0.696. The zero-order valence-corrected chi connectivity index (χ0v) is 14.8. The number of likely N-dealkylation sites (tertiary alicyclic amines) is 1. The number of rotatable bonds is 4. The summed E-state index contributed by atoms with van der Waals surface area (Å²) in [7, 11) is 0. The lowest BCUT2D eigenvalue weighted by atomic mass is 9.85. The molecule has 1 aromatic carbocycles. The molecule has 138 valence electrons. The lowest BCUT2D eigenvalue weighted by molar-refractivity contribution is -0.127. The standard InChI is InChI=1S/C19H23FN4O2/c1-11-22-16-6-5-13(7-17(16)23-11)19(26)24-10-14(20)8-15(24)9-21-18(25)12-3-2-4-12/h5-7,12,14-15H,2-4,8-10H2,1H3,(H,21,25)(H,22,23). The zero-order chi connectivity index (χ0) is 18.3. The molecule has 1 saturated heterocycles. The van der Waals surface area contributed by atoms with E-state index >= 15 is 0 Å². The van der Waals surface area contributed by atoms with Gasteiger partial charge in [0.1, 0.15) is 12.0 Å². The smallest absolute Gasteiger partial charge is 0.254 e. The topological polar surface area (TPSA) is 78.1 Å². The number of nitrogens with one attached hydrogen (secondary N) is 2. The van der Waals surface area contributed by atoms with Crippen LogP contribution in [0.3, 0.4) is 0 Å². The van der Waals surface area contributed by atoms with Gasteiger partial charge in [-0.25, -0.2) is 9.37 Å². The van der Waals surface area contributed by atoms with Crippen molar-refractivity contribution in [2.45, 2.75) is 44.8 Å². The molecule has 2 fully saturated rings. The van der Waals surface area contributed by atoms with Gasteiger partial charge in [0.05, 0.1) is 23.6 Å². The number of halogens is 1. The molecule has 2 amide bonds. The fraction of sp³-hybridized carbons (Fsp3) is 0.526. The molecule has 2 aromatic rings. The minimum absolute atomic E-state index is 0.0281. The lowest BCUT2D eigenvalue weighted by Gasteiger charge is -2.28. The van der Waals surface area contributed by atoms with E-state index < -0.39 is 6.17 Å². The second kappa shape index (κ2) is 6.70. The molecule has 0 spiro atoms. The van der Waals surface area contributed by atoms with Gasteiger partial charge in [0.2, 0.25) is 5.91 Å². The highest BCUT2D eigenvalue weighted by molar-refractivity contribution is 5.97. The number of hydrogen-bond donors (Lipinski definition) is 2. The molecule has 4 rings (SSSR count). The van der Waals surface area contributed by atoms with Crippen molar-refractivity contribution in [2.75, 3.05) is 13.1 Å². The van der Waals surface area contributed by atoms with Crippen LogP contribution in [0, 0.1) is 12.8 Å². The van der Waals surface area contributed by atoms with Gasteiger partial charge < -0.3 is 15.2 Å². The van der Waals surface area contributed by atoms with E-state index in [4.69, 9.17) is 0 Å². The largest absolute Gasteiger partial charge is 0.354 e. The second-order valence-corrected chi connectivity index (χ2v) is 7.37. The Morgan fingerprint density at radius 2 is 2.19 bits per heavy atom. The van der Waals surface area contributed by atoms with Crippen molar-refractivity contribution in [3.63, 3.8) is 0 Å². The fourth-order valence-corrected chi connectivity index (χ4v) is 3.77. The van der Waals surface area contributed by atoms with Gasteiger partial charge in [0.15, 0.2) is 0 Å². The Balaban J connectivity index is 1.47. The molecule has 0 bridgehead atoms. The minimum Gasteiger partial charge on any atom is -0.354 e. The third-order valence-corrected chi connectivity index (χ3v) is 5.46. The molecular formula is C19H23FN4O2. The summed E-state index contributed by atoms with van der Waals surface area (Å²) in [6.45, 7) is 2.24. The van der Waals surface area contributed by atoms with Crippen LogP contribution in [-0.2, 0) is 4.79 Å². The number of alkyl halides is 1. The van der Waals surface area contributed by atoms with Crippen LogP contribution in [0.15, 0.2) is 18.2 Å². The molecule has 7 heteroatoms. The molecule has 1 saturated carbocycles. The van der Waals surface area contributed by atoms with E-state index in [2.05, 4.69) is 15.3 Å². The highest BCUT2D eigenvalue weighted by Crippen LogP contribution is 2.27. The van der Waals surface area contributed by atoms with Gasteiger partial charge in [0.25, 0.3) is 5.91 Å². The van der Waals surface area contributed by atoms with Crippen LogP contribution >= 0.6 is 0 Å². The highest BCUT2D eigenvalue weighted by atomic mass is 19.1. The van der Waals surface area contributed by atoms with Crippen molar-refractivity contribution in [3.8, 4) is 0 Å². The van der Waals surface area contributed by atoms with Gasteiger partial charge in [-0.3, -0.25) is 9.59 Å². The number of aromatic nitrogens is 2. The quantitative estimate of drug-likeness (QED) is 0.881. The highest BCUT2D eigenvalue weighted by Gasteiger charge is 2.36. The first-order valence-electron chi connectivity index (χ1n) is 9.20. The number of aryl methyl sites for hydroxylation is 1. The number of carbonyl (C=O) groups is 2. The van der Waals surface area contributed by atoms with Gasteiger partial charge in [0, 0.05) is 24.4 Å². The number of benzene rings is 1. The van der Waals surface area contributed by atoms with Gasteiger partial charge in [-0.05, 0) is 38.0 Å². The number of hydrogen-bond acceptors (Lipinski definition) is 3. The number of carbonyl (C=O) groups excluding carboxylic acids is 2. The van der Waals surface area contributed by atoms with Gasteiger partial charge in [-0.2, -0.15) is 0 Å². The predicted octanol–water partition coefficient (Wildman–Crippen LogP) is 2.34. The second-order valence-electron chi connectivity index (χ2n) is 7.37. The van der Waals surface area contributed by atoms with Crippen molar-refractivity contribution in [2.24, 2.45) is 5.92 Å². The fourth-order valence-electron chi connectivity index (χ4n) is 3.77. The van der Waals surface area contributed by atoms with Crippen molar-refractivity contribution in [1.29, 1.82) is 0 Å². The molecule has 2 N–H and O–H groups in total. The Morgan fingerprint density at radius 3 is 2.92 bits per heavy atom. The summed E-state index contributed by atoms with van der Waals surface area (Å²) in [6.07, 6.45) is 2.15. The van der Waals surface area contributed by atoms with Crippen LogP contribution in [0.5, 0.6) is 0 Å². The Morgan fingerprint density at radius 1 is 1.38 bits per heavy atom. The Bertz CT molecular complexity index is 845. The van der Waals surface area contributed by atoms with Gasteiger partial charge in [-0.1, -0.05) is 6.42 Å². The number of amides is 2. The summed E-state index contributed by atoms with van der Waals surface area (Å²) < 4.78 is 14.0. The van der Waals surface area contributed by atoms with E-state index in [1.165, 1.54) is 0 Å². The maximum Gasteiger partial charge on any atom is 0.254 e. The molecule has 1 aromatic heterocycles. The van der Waals surface area contributed by atoms with Crippen LogP contribution in [0.2, 0.25) is 0 Å². The SMILES string of the molecule is Cc1nc2ccc(C(=O)N3CC(F)CC3CNC(=O)C3CCC3)cc2[nH]1. The molecule has 0 radical (unpaired) electrons. The first-order chi connectivity index (χ1) is 12.5. The molecule has 1 aliphatic carbocycles. The van der Waals surface area contributed by atoms with Crippen molar-refractivity contribution in [3.05, 3.63) is 29.6 Å². The minimum atomic E-state index is -1.05. The van der Waals surface area contributed by atoms with E-state index in [0.29, 0.717) is 12.1 Å². The van der Waals surface area contributed by atoms with Crippen LogP contribution in [0.4, 0.5) is 4.39 Å². The monoisotopic (exact) mass is 358 g/mol. The van der Waals surface area contributed by atoms with E-state index in [0.717, 1.165) is 36.1 Å². The molecule has 1 aliphatic heterocycles. The average Bonchev–Trinajstić information content (AvgIpc) is 3.11. The third-order valence-electron chi connectivity index (χ3n) is 5.46. The normalized spacial score (nSPS) is 23.2. The van der Waals surface area contributed by atoms with E-state index in [1.807, 2.05) is 6.92 Å². The van der Waals surface area contributed by atoms with Crippen molar-refractivity contribution >= 4 is 22.8 Å². The summed E-state index contributed by atoms with van der Waals surface area (Å²) >= 11 is 0. The molecule has 6 nitrogen and oxygen atoms in total. The Kier molecular flexibility index (Phi) is 4.38. The van der Waals surface area contributed by atoms with Crippen LogP contribution in [0.1, 0.15) is 41.9 Å². The number of H-pyrrole nitrogens is 1. The van der Waals surface area contributed by atoms with Crippen LogP contribution < -0.4 is 5.32 Å². The van der Waals surface area contributed by atoms with Crippen molar-refractivity contribution < 1.29 is 14.0 Å². The first-order valence-corrected chi connectivity index (χ1v) is 9.20. The van der Waals surface area contributed by atoms with E-state index in [1.54, 1.807) is 23.1 Å². The molecule has 2 heterocycles. The molecule has 2 unspecified atom stereocenters. The Labute approximate surface area is 151 Å². The summed E-state index contributed by atoms with van der Waals surface area (Å²) in [4.78, 5) is 33.9. The summed E-state index contributed by atoms with van der Waals surface area (Å²) in [5.41, 5.74) is 2.10. The number of fused-ring (bicyclic) bond motifs is 1. The summed E-state index contributed by atoms with van der Waals surface area (Å²) in [5, 5.41) is 2.90. The Hall–Kier alpha value is -2.44. The molecule has 2 aliphatic rings. The first kappa shape index (κ1) is 17.0. The maximum absolute atomic E-state index is 14.0. The molecular weight excluding hydrogens is 335 g/mol. The maximum atomic E-state index is 14.0. The number of imidazole rings is 1. The number of nitrogens with zero attached hydrogens (tertiary/aromatic N) is 2. The van der Waals surface area contributed by atoms with Crippen molar-refractivity contribution in [1.82, 2.24) is 20.2 Å².